The molecule has 4 rings (SSSR count). The highest BCUT2D eigenvalue weighted by Crippen LogP contribution is 2.30. The Hall–Kier alpha value is -3.03. The number of aromatic amines is 1. The van der Waals surface area contributed by atoms with Crippen LogP contribution in [0.15, 0.2) is 42.5 Å². The molecule has 1 fully saturated rings. The quantitative estimate of drug-likeness (QED) is 0.599. The minimum Gasteiger partial charge on any atom is -0.493 e. The molecule has 5 nitrogen and oxygen atoms in total. The van der Waals surface area contributed by atoms with Gasteiger partial charge in [-0.3, -0.25) is 9.89 Å². The van der Waals surface area contributed by atoms with E-state index in [-0.39, 0.29) is 5.56 Å². The Morgan fingerprint density at radius 3 is 2.55 bits per heavy atom. The van der Waals surface area contributed by atoms with E-state index in [1.54, 1.807) is 6.07 Å². The van der Waals surface area contributed by atoms with E-state index in [0.29, 0.717) is 29.2 Å². The number of hydrogen-bond donors (Lipinski definition) is 2. The maximum Gasteiger partial charge on any atom is 0.416 e. The number of ether oxygens (including phenoxy) is 1. The third kappa shape index (κ3) is 4.36. The lowest BCUT2D eigenvalue weighted by Crippen LogP contribution is -2.13. The number of rotatable bonds is 5. The molecule has 0 atom stereocenters. The summed E-state index contributed by atoms with van der Waals surface area (Å²) in [6, 6.07) is 9.48. The molecule has 1 saturated carbocycles. The molecule has 1 amide bonds. The molecule has 29 heavy (non-hydrogen) atoms. The average molecular weight is 403 g/mol. The van der Waals surface area contributed by atoms with Gasteiger partial charge in [-0.2, -0.15) is 18.3 Å². The SMILES string of the molecule is O=C(Nc1n[nH]c2cc(OCC3CCCC3)ccc12)c1ccc(C(F)(F)F)cc1. The molecular formula is C21H20F3N3O2. The molecule has 1 aliphatic carbocycles. The fourth-order valence-corrected chi connectivity index (χ4v) is 3.57. The summed E-state index contributed by atoms with van der Waals surface area (Å²) in [7, 11) is 0. The third-order valence-corrected chi connectivity index (χ3v) is 5.20. The Morgan fingerprint density at radius 1 is 1.14 bits per heavy atom. The fourth-order valence-electron chi connectivity index (χ4n) is 3.57. The van der Waals surface area contributed by atoms with Gasteiger partial charge in [-0.1, -0.05) is 12.8 Å². The first-order chi connectivity index (χ1) is 13.9. The van der Waals surface area contributed by atoms with Crippen molar-refractivity contribution in [3.05, 3.63) is 53.6 Å². The van der Waals surface area contributed by atoms with Crippen molar-refractivity contribution >= 4 is 22.6 Å². The lowest BCUT2D eigenvalue weighted by molar-refractivity contribution is -0.137. The molecule has 1 aromatic heterocycles. The van der Waals surface area contributed by atoms with Gasteiger partial charge in [0.2, 0.25) is 0 Å². The van der Waals surface area contributed by atoms with Crippen molar-refractivity contribution in [2.45, 2.75) is 31.9 Å². The monoisotopic (exact) mass is 403 g/mol. The smallest absolute Gasteiger partial charge is 0.416 e. The lowest BCUT2D eigenvalue weighted by atomic mass is 10.1. The van der Waals surface area contributed by atoms with Gasteiger partial charge in [-0.05, 0) is 55.2 Å². The fraction of sp³-hybridized carbons (Fsp3) is 0.333. The van der Waals surface area contributed by atoms with Crippen molar-refractivity contribution < 1.29 is 22.7 Å². The number of nitrogens with zero attached hydrogens (tertiary/aromatic N) is 1. The first-order valence-corrected chi connectivity index (χ1v) is 9.50. The van der Waals surface area contributed by atoms with Crippen molar-refractivity contribution in [2.75, 3.05) is 11.9 Å². The van der Waals surface area contributed by atoms with Gasteiger partial charge in [0, 0.05) is 17.0 Å². The topological polar surface area (TPSA) is 67.0 Å². The van der Waals surface area contributed by atoms with E-state index in [1.807, 2.05) is 12.1 Å². The Bertz CT molecular complexity index is 1010. The van der Waals surface area contributed by atoms with Gasteiger partial charge < -0.3 is 10.1 Å². The average Bonchev–Trinajstić information content (AvgIpc) is 3.36. The lowest BCUT2D eigenvalue weighted by Gasteiger charge is -2.11. The van der Waals surface area contributed by atoms with Crippen LogP contribution in [0.3, 0.4) is 0 Å². The van der Waals surface area contributed by atoms with Gasteiger partial charge in [0.15, 0.2) is 5.82 Å². The molecule has 0 bridgehead atoms. The molecule has 1 aliphatic rings. The van der Waals surface area contributed by atoms with Gasteiger partial charge in [-0.15, -0.1) is 0 Å². The zero-order valence-electron chi connectivity index (χ0n) is 15.6. The number of halogens is 3. The molecule has 0 radical (unpaired) electrons. The number of carbonyl (C=O) groups is 1. The summed E-state index contributed by atoms with van der Waals surface area (Å²) < 4.78 is 43.8. The number of carbonyl (C=O) groups excluding carboxylic acids is 1. The van der Waals surface area contributed by atoms with Crippen LogP contribution in [0.4, 0.5) is 19.0 Å². The van der Waals surface area contributed by atoms with Crippen LogP contribution in [0.5, 0.6) is 5.75 Å². The van der Waals surface area contributed by atoms with Crippen LogP contribution in [0.1, 0.15) is 41.6 Å². The van der Waals surface area contributed by atoms with Crippen LogP contribution < -0.4 is 10.1 Å². The van der Waals surface area contributed by atoms with E-state index < -0.39 is 17.6 Å². The summed E-state index contributed by atoms with van der Waals surface area (Å²) >= 11 is 0. The zero-order chi connectivity index (χ0) is 20.4. The second-order valence-corrected chi connectivity index (χ2v) is 7.27. The highest BCUT2D eigenvalue weighted by Gasteiger charge is 2.30. The summed E-state index contributed by atoms with van der Waals surface area (Å²) in [6.45, 7) is 0.692. The maximum absolute atomic E-state index is 12.7. The molecular weight excluding hydrogens is 383 g/mol. The van der Waals surface area contributed by atoms with Gasteiger partial charge in [0.25, 0.3) is 5.91 Å². The second kappa shape index (κ2) is 7.77. The molecule has 8 heteroatoms. The van der Waals surface area contributed by atoms with Crippen LogP contribution in [0.2, 0.25) is 0 Å². The van der Waals surface area contributed by atoms with Crippen molar-refractivity contribution in [1.29, 1.82) is 0 Å². The summed E-state index contributed by atoms with van der Waals surface area (Å²) in [6.07, 6.45) is 0.481. The first-order valence-electron chi connectivity index (χ1n) is 9.50. The summed E-state index contributed by atoms with van der Waals surface area (Å²) in [5.74, 6) is 1.11. The van der Waals surface area contributed by atoms with Crippen LogP contribution in [0.25, 0.3) is 10.9 Å². The number of anilines is 1. The van der Waals surface area contributed by atoms with Crippen LogP contribution in [-0.4, -0.2) is 22.7 Å². The standard InChI is InChI=1S/C21H20F3N3O2/c22-21(23,24)15-7-5-14(6-8-15)20(28)25-19-17-10-9-16(11-18(17)26-27-19)29-12-13-3-1-2-4-13/h5-11,13H,1-4,12H2,(H2,25,26,27,28). The zero-order valence-corrected chi connectivity index (χ0v) is 15.6. The molecule has 0 spiro atoms. The molecule has 152 valence electrons. The van der Waals surface area contributed by atoms with Gasteiger partial charge in [-0.25, -0.2) is 0 Å². The first kappa shape index (κ1) is 19.3. The summed E-state index contributed by atoms with van der Waals surface area (Å²) in [5, 5.41) is 10.3. The van der Waals surface area contributed by atoms with Crippen molar-refractivity contribution in [3.8, 4) is 5.75 Å². The van der Waals surface area contributed by atoms with Crippen molar-refractivity contribution in [3.63, 3.8) is 0 Å². The molecule has 3 aromatic rings. The summed E-state index contributed by atoms with van der Waals surface area (Å²) in [5.41, 5.74) is 0.0201. The minimum absolute atomic E-state index is 0.116. The summed E-state index contributed by atoms with van der Waals surface area (Å²) in [4.78, 5) is 12.4. The van der Waals surface area contributed by atoms with E-state index in [4.69, 9.17) is 4.74 Å². The largest absolute Gasteiger partial charge is 0.493 e. The van der Waals surface area contributed by atoms with Gasteiger partial charge in [0.1, 0.15) is 5.75 Å². The molecule has 1 heterocycles. The predicted molar refractivity (Wildman–Crippen MR) is 103 cm³/mol. The van der Waals surface area contributed by atoms with Crippen LogP contribution in [-0.2, 0) is 6.18 Å². The van der Waals surface area contributed by atoms with E-state index in [0.717, 1.165) is 30.0 Å². The number of alkyl halides is 3. The van der Waals surface area contributed by atoms with Gasteiger partial charge >= 0.3 is 6.18 Å². The Morgan fingerprint density at radius 2 is 1.86 bits per heavy atom. The van der Waals surface area contributed by atoms with E-state index >= 15 is 0 Å². The number of nitrogens with one attached hydrogen (secondary N) is 2. The molecule has 2 N–H and O–H groups in total. The molecule has 0 saturated heterocycles. The van der Waals surface area contributed by atoms with Crippen LogP contribution >= 0.6 is 0 Å². The van der Waals surface area contributed by atoms with E-state index in [1.165, 1.54) is 25.7 Å². The van der Waals surface area contributed by atoms with Crippen LogP contribution in [0, 0.1) is 5.92 Å². The van der Waals surface area contributed by atoms with E-state index in [9.17, 15) is 18.0 Å². The highest BCUT2D eigenvalue weighted by atomic mass is 19.4. The normalized spacial score (nSPS) is 15.0. The number of benzene rings is 2. The minimum atomic E-state index is -4.44. The Balaban J connectivity index is 1.44. The predicted octanol–water partition coefficient (Wildman–Crippen LogP) is 5.40. The molecule has 0 unspecified atom stereocenters. The number of aromatic nitrogens is 2. The number of hydrogen-bond acceptors (Lipinski definition) is 3. The number of amides is 1. The third-order valence-electron chi connectivity index (χ3n) is 5.20. The van der Waals surface area contributed by atoms with Crippen molar-refractivity contribution in [2.24, 2.45) is 5.92 Å². The Labute approximate surface area is 165 Å². The highest BCUT2D eigenvalue weighted by molar-refractivity contribution is 6.07. The Kier molecular flexibility index (Phi) is 5.17. The van der Waals surface area contributed by atoms with E-state index in [2.05, 4.69) is 15.5 Å². The van der Waals surface area contributed by atoms with Gasteiger partial charge in [0.05, 0.1) is 17.7 Å². The van der Waals surface area contributed by atoms with Crippen molar-refractivity contribution in [1.82, 2.24) is 10.2 Å². The second-order valence-electron chi connectivity index (χ2n) is 7.27. The number of H-pyrrole nitrogens is 1. The molecule has 0 aliphatic heterocycles. The molecule has 2 aromatic carbocycles. The maximum atomic E-state index is 12.7. The number of fused-ring (bicyclic) bond motifs is 1.